The van der Waals surface area contributed by atoms with E-state index in [-0.39, 0.29) is 0 Å². The number of aromatic amines is 1. The Kier molecular flexibility index (Phi) is 4.45. The summed E-state index contributed by atoms with van der Waals surface area (Å²) in [5.41, 5.74) is 4.04. The Balaban J connectivity index is 1.79. The molecule has 3 rings (SSSR count). The number of H-pyrrole nitrogens is 1. The first kappa shape index (κ1) is 15.1. The molecule has 0 fully saturated rings. The summed E-state index contributed by atoms with van der Waals surface area (Å²) in [5.74, 6) is 0.463. The van der Waals surface area contributed by atoms with Crippen LogP contribution in [0.25, 0.3) is 10.9 Å². The van der Waals surface area contributed by atoms with Crippen LogP contribution in [0, 0.1) is 0 Å². The van der Waals surface area contributed by atoms with Gasteiger partial charge in [-0.05, 0) is 29.3 Å². The van der Waals surface area contributed by atoms with Gasteiger partial charge in [0.15, 0.2) is 0 Å². The van der Waals surface area contributed by atoms with Crippen LogP contribution < -0.4 is 5.32 Å². The summed E-state index contributed by atoms with van der Waals surface area (Å²) in [6, 6.07) is 11.8. The van der Waals surface area contributed by atoms with Crippen molar-refractivity contribution in [2.24, 2.45) is 0 Å². The normalized spacial score (nSPS) is 12.5. The van der Waals surface area contributed by atoms with E-state index in [4.69, 9.17) is 11.6 Å². The number of rotatable bonds is 5. The Morgan fingerprint density at radius 1 is 1.27 bits per heavy atom. The Labute approximate surface area is 136 Å². The minimum Gasteiger partial charge on any atom is -0.381 e. The van der Waals surface area contributed by atoms with E-state index in [1.165, 1.54) is 0 Å². The molecular weight excluding hydrogens is 318 g/mol. The van der Waals surface area contributed by atoms with Crippen molar-refractivity contribution in [2.45, 2.75) is 12.3 Å². The van der Waals surface area contributed by atoms with E-state index in [0.29, 0.717) is 17.3 Å². The highest BCUT2D eigenvalue weighted by atomic mass is 35.5. The lowest BCUT2D eigenvalue weighted by Crippen LogP contribution is -2.01. The van der Waals surface area contributed by atoms with Gasteiger partial charge >= 0.3 is 0 Å². The van der Waals surface area contributed by atoms with Crippen LogP contribution in [0.3, 0.4) is 0 Å². The third-order valence-corrected chi connectivity index (χ3v) is 4.54. The average molecular weight is 334 g/mol. The van der Waals surface area contributed by atoms with Crippen molar-refractivity contribution in [1.82, 2.24) is 10.2 Å². The zero-order valence-electron chi connectivity index (χ0n) is 12.1. The fourth-order valence-corrected chi connectivity index (χ4v) is 3.33. The first-order valence-corrected chi connectivity index (χ1v) is 8.97. The highest BCUT2D eigenvalue weighted by Gasteiger charge is 2.06. The second kappa shape index (κ2) is 6.50. The average Bonchev–Trinajstić information content (AvgIpc) is 2.96. The van der Waals surface area contributed by atoms with Crippen LogP contribution in [0.15, 0.2) is 42.6 Å². The summed E-state index contributed by atoms with van der Waals surface area (Å²) in [6.07, 6.45) is 3.49. The van der Waals surface area contributed by atoms with E-state index in [0.717, 1.165) is 27.7 Å². The quantitative estimate of drug-likeness (QED) is 0.748. The van der Waals surface area contributed by atoms with Gasteiger partial charge in [-0.15, -0.1) is 0 Å². The van der Waals surface area contributed by atoms with Crippen molar-refractivity contribution >= 4 is 39.0 Å². The largest absolute Gasteiger partial charge is 0.381 e. The lowest BCUT2D eigenvalue weighted by molar-refractivity contribution is 0.686. The molecule has 0 aliphatic heterocycles. The van der Waals surface area contributed by atoms with Crippen LogP contribution in [-0.2, 0) is 23.1 Å². The summed E-state index contributed by atoms with van der Waals surface area (Å²) < 4.78 is 11.4. The topological polar surface area (TPSA) is 57.8 Å². The SMILES string of the molecule is CS(=O)Cc1cc(NCc2cccc3cn[nH]c23)ccc1Cl. The molecule has 4 nitrogen and oxygen atoms in total. The van der Waals surface area contributed by atoms with E-state index >= 15 is 0 Å². The molecule has 1 heterocycles. The smallest absolute Gasteiger partial charge is 0.0700 e. The molecule has 6 heteroatoms. The molecule has 0 bridgehead atoms. The van der Waals surface area contributed by atoms with Gasteiger partial charge in [-0.1, -0.05) is 29.8 Å². The van der Waals surface area contributed by atoms with Gasteiger partial charge in [-0.25, -0.2) is 0 Å². The molecule has 0 saturated carbocycles. The van der Waals surface area contributed by atoms with Gasteiger partial charge in [0.1, 0.15) is 0 Å². The molecule has 114 valence electrons. The number of nitrogens with zero attached hydrogens (tertiary/aromatic N) is 1. The van der Waals surface area contributed by atoms with Gasteiger partial charge in [-0.2, -0.15) is 5.10 Å². The van der Waals surface area contributed by atoms with Gasteiger partial charge in [0.05, 0.1) is 11.7 Å². The zero-order chi connectivity index (χ0) is 15.5. The third-order valence-electron chi connectivity index (χ3n) is 3.45. The number of hydrogen-bond acceptors (Lipinski definition) is 3. The van der Waals surface area contributed by atoms with Crippen LogP contribution in [0.1, 0.15) is 11.1 Å². The van der Waals surface area contributed by atoms with E-state index in [1.807, 2.05) is 36.5 Å². The zero-order valence-corrected chi connectivity index (χ0v) is 13.7. The van der Waals surface area contributed by atoms with Crippen LogP contribution >= 0.6 is 11.6 Å². The number of benzene rings is 2. The monoisotopic (exact) mass is 333 g/mol. The number of aromatic nitrogens is 2. The highest BCUT2D eigenvalue weighted by molar-refractivity contribution is 7.83. The molecule has 0 aliphatic rings. The van der Waals surface area contributed by atoms with Gasteiger partial charge < -0.3 is 5.32 Å². The van der Waals surface area contributed by atoms with Crippen LogP contribution in [0.5, 0.6) is 0 Å². The Morgan fingerprint density at radius 2 is 2.14 bits per heavy atom. The fraction of sp³-hybridized carbons (Fsp3) is 0.188. The first-order chi connectivity index (χ1) is 10.6. The molecular formula is C16H16ClN3OS. The van der Waals surface area contributed by atoms with Gasteiger partial charge in [0.25, 0.3) is 0 Å². The van der Waals surface area contributed by atoms with Crippen molar-refractivity contribution in [1.29, 1.82) is 0 Å². The standard InChI is InChI=1S/C16H16ClN3OS/c1-22(21)10-13-7-14(5-6-15(13)17)18-8-11-3-2-4-12-9-19-20-16(11)12/h2-7,9,18H,8,10H2,1H3,(H,19,20). The van der Waals surface area contributed by atoms with Crippen molar-refractivity contribution in [2.75, 3.05) is 11.6 Å². The molecule has 0 spiro atoms. The van der Waals surface area contributed by atoms with Crippen molar-refractivity contribution < 1.29 is 4.21 Å². The van der Waals surface area contributed by atoms with Gasteiger partial charge in [-0.3, -0.25) is 9.31 Å². The number of nitrogens with one attached hydrogen (secondary N) is 2. The summed E-state index contributed by atoms with van der Waals surface area (Å²) in [7, 11) is -0.914. The molecule has 1 atom stereocenters. The Bertz CT molecular complexity index is 831. The third kappa shape index (κ3) is 3.31. The van der Waals surface area contributed by atoms with Crippen molar-refractivity contribution in [3.8, 4) is 0 Å². The molecule has 1 aromatic heterocycles. The molecule has 2 aromatic carbocycles. The Hall–Kier alpha value is -1.85. The van der Waals surface area contributed by atoms with E-state index < -0.39 is 10.8 Å². The summed E-state index contributed by atoms with van der Waals surface area (Å²) in [4.78, 5) is 0. The molecule has 1 unspecified atom stereocenters. The highest BCUT2D eigenvalue weighted by Crippen LogP contribution is 2.23. The number of anilines is 1. The van der Waals surface area contributed by atoms with Gasteiger partial charge in [0, 0.05) is 45.4 Å². The second-order valence-electron chi connectivity index (χ2n) is 5.13. The second-order valence-corrected chi connectivity index (χ2v) is 6.97. The molecule has 3 aromatic rings. The molecule has 0 amide bonds. The van der Waals surface area contributed by atoms with Crippen LogP contribution in [0.2, 0.25) is 5.02 Å². The summed E-state index contributed by atoms with van der Waals surface area (Å²) in [6.45, 7) is 0.676. The number of fused-ring (bicyclic) bond motifs is 1. The predicted molar refractivity (Wildman–Crippen MR) is 92.6 cm³/mol. The summed E-state index contributed by atoms with van der Waals surface area (Å²) in [5, 5.41) is 12.2. The van der Waals surface area contributed by atoms with Crippen LogP contribution in [-0.4, -0.2) is 20.7 Å². The maximum absolute atomic E-state index is 11.4. The van der Waals surface area contributed by atoms with E-state index in [1.54, 1.807) is 6.26 Å². The van der Waals surface area contributed by atoms with E-state index in [2.05, 4.69) is 21.6 Å². The molecule has 0 aliphatic carbocycles. The fourth-order valence-electron chi connectivity index (χ4n) is 2.39. The van der Waals surface area contributed by atoms with Crippen molar-refractivity contribution in [3.63, 3.8) is 0 Å². The van der Waals surface area contributed by atoms with Crippen LogP contribution in [0.4, 0.5) is 5.69 Å². The summed E-state index contributed by atoms with van der Waals surface area (Å²) >= 11 is 6.15. The number of hydrogen-bond donors (Lipinski definition) is 2. The number of para-hydroxylation sites is 1. The number of halogens is 1. The lowest BCUT2D eigenvalue weighted by Gasteiger charge is -2.10. The van der Waals surface area contributed by atoms with E-state index in [9.17, 15) is 4.21 Å². The maximum atomic E-state index is 11.4. The van der Waals surface area contributed by atoms with Gasteiger partial charge in [0.2, 0.25) is 0 Å². The first-order valence-electron chi connectivity index (χ1n) is 6.87. The molecule has 0 saturated heterocycles. The minimum atomic E-state index is -0.914. The molecule has 22 heavy (non-hydrogen) atoms. The Morgan fingerprint density at radius 3 is 2.95 bits per heavy atom. The van der Waals surface area contributed by atoms with Crippen molar-refractivity contribution in [3.05, 3.63) is 58.7 Å². The lowest BCUT2D eigenvalue weighted by atomic mass is 10.1. The predicted octanol–water partition coefficient (Wildman–Crippen LogP) is 3.71. The molecule has 0 radical (unpaired) electrons. The maximum Gasteiger partial charge on any atom is 0.0700 e. The molecule has 2 N–H and O–H groups in total. The minimum absolute atomic E-state index is 0.463.